The van der Waals surface area contributed by atoms with E-state index < -0.39 is 0 Å². The standard InChI is InChI=1S/C15H20O2/c1-9(2)12-8-13(15(16)10(3)4)11(5)7-14(12)17-6/h7-9H,3H2,1-2,4-6H3. The van der Waals surface area contributed by atoms with Gasteiger partial charge in [0.05, 0.1) is 7.11 Å². The van der Waals surface area contributed by atoms with Crippen molar-refractivity contribution >= 4 is 5.78 Å². The van der Waals surface area contributed by atoms with Gasteiger partial charge in [-0.1, -0.05) is 20.4 Å². The van der Waals surface area contributed by atoms with Gasteiger partial charge >= 0.3 is 0 Å². The number of ether oxygens (including phenoxy) is 1. The highest BCUT2D eigenvalue weighted by molar-refractivity contribution is 6.09. The largest absolute Gasteiger partial charge is 0.496 e. The van der Waals surface area contributed by atoms with Crippen LogP contribution in [0.4, 0.5) is 0 Å². The van der Waals surface area contributed by atoms with E-state index in [-0.39, 0.29) is 5.78 Å². The van der Waals surface area contributed by atoms with Crippen LogP contribution in [0.3, 0.4) is 0 Å². The van der Waals surface area contributed by atoms with Gasteiger partial charge in [-0.25, -0.2) is 0 Å². The van der Waals surface area contributed by atoms with E-state index in [9.17, 15) is 4.79 Å². The van der Waals surface area contributed by atoms with Crippen molar-refractivity contribution in [2.24, 2.45) is 0 Å². The number of rotatable bonds is 4. The average molecular weight is 232 g/mol. The summed E-state index contributed by atoms with van der Waals surface area (Å²) in [6, 6.07) is 3.85. The molecule has 0 atom stereocenters. The molecule has 1 aromatic rings. The van der Waals surface area contributed by atoms with Crippen molar-refractivity contribution in [1.82, 2.24) is 0 Å². The van der Waals surface area contributed by atoms with Gasteiger partial charge in [-0.3, -0.25) is 4.79 Å². The van der Waals surface area contributed by atoms with Crippen LogP contribution in [0.25, 0.3) is 0 Å². The van der Waals surface area contributed by atoms with Crippen molar-refractivity contribution in [2.75, 3.05) is 7.11 Å². The summed E-state index contributed by atoms with van der Waals surface area (Å²) in [5.41, 5.74) is 3.27. The van der Waals surface area contributed by atoms with Crippen LogP contribution >= 0.6 is 0 Å². The van der Waals surface area contributed by atoms with Crippen molar-refractivity contribution < 1.29 is 9.53 Å². The lowest BCUT2D eigenvalue weighted by Gasteiger charge is -2.15. The third-order valence-electron chi connectivity index (χ3n) is 2.83. The minimum atomic E-state index is 0.00653. The van der Waals surface area contributed by atoms with Gasteiger partial charge in [0.15, 0.2) is 5.78 Å². The third kappa shape index (κ3) is 2.76. The number of carbonyl (C=O) groups excluding carboxylic acids is 1. The lowest BCUT2D eigenvalue weighted by molar-refractivity contribution is 0.103. The van der Waals surface area contributed by atoms with E-state index in [1.807, 2.05) is 19.1 Å². The van der Waals surface area contributed by atoms with Gasteiger partial charge in [-0.15, -0.1) is 0 Å². The zero-order valence-electron chi connectivity index (χ0n) is 11.3. The fourth-order valence-corrected chi connectivity index (χ4v) is 1.80. The molecule has 2 heteroatoms. The molecule has 1 aromatic carbocycles. The molecule has 0 aromatic heterocycles. The number of aryl methyl sites for hydroxylation is 1. The van der Waals surface area contributed by atoms with Crippen LogP contribution in [0.15, 0.2) is 24.3 Å². The molecule has 0 amide bonds. The Morgan fingerprint density at radius 2 is 1.94 bits per heavy atom. The highest BCUT2D eigenvalue weighted by atomic mass is 16.5. The molecule has 0 aliphatic heterocycles. The van der Waals surface area contributed by atoms with Crippen molar-refractivity contribution in [3.63, 3.8) is 0 Å². The minimum Gasteiger partial charge on any atom is -0.496 e. The number of Topliss-reactive ketones (excluding diaryl/α,β-unsaturated/α-hetero) is 1. The van der Waals surface area contributed by atoms with Crippen LogP contribution in [0.1, 0.15) is 48.2 Å². The summed E-state index contributed by atoms with van der Waals surface area (Å²) in [6.45, 7) is 11.5. The Labute approximate surface area is 103 Å². The van der Waals surface area contributed by atoms with Gasteiger partial charge in [0, 0.05) is 5.56 Å². The first-order valence-electron chi connectivity index (χ1n) is 5.77. The first-order valence-corrected chi connectivity index (χ1v) is 5.77. The molecule has 0 fully saturated rings. The van der Waals surface area contributed by atoms with Crippen molar-refractivity contribution in [2.45, 2.75) is 33.6 Å². The molecular formula is C15H20O2. The van der Waals surface area contributed by atoms with Crippen molar-refractivity contribution in [3.05, 3.63) is 41.0 Å². The van der Waals surface area contributed by atoms with Crippen LogP contribution in [0.2, 0.25) is 0 Å². The Bertz CT molecular complexity index is 456. The Morgan fingerprint density at radius 1 is 1.35 bits per heavy atom. The highest BCUT2D eigenvalue weighted by Crippen LogP contribution is 2.30. The predicted molar refractivity (Wildman–Crippen MR) is 71.0 cm³/mol. The van der Waals surface area contributed by atoms with E-state index in [4.69, 9.17) is 4.74 Å². The van der Waals surface area contributed by atoms with E-state index in [0.29, 0.717) is 11.5 Å². The number of methoxy groups -OCH3 is 1. The molecule has 92 valence electrons. The summed E-state index contributed by atoms with van der Waals surface area (Å²) in [4.78, 5) is 12.0. The van der Waals surface area contributed by atoms with Gasteiger partial charge in [-0.05, 0) is 48.6 Å². The second-order valence-electron chi connectivity index (χ2n) is 4.67. The summed E-state index contributed by atoms with van der Waals surface area (Å²) in [6.07, 6.45) is 0. The average Bonchev–Trinajstić information content (AvgIpc) is 2.27. The number of ketones is 1. The maximum Gasteiger partial charge on any atom is 0.188 e. The smallest absolute Gasteiger partial charge is 0.188 e. The van der Waals surface area contributed by atoms with Gasteiger partial charge in [0.2, 0.25) is 0 Å². The molecule has 0 aliphatic rings. The first kappa shape index (κ1) is 13.5. The molecule has 17 heavy (non-hydrogen) atoms. The lowest BCUT2D eigenvalue weighted by atomic mass is 9.93. The molecular weight excluding hydrogens is 212 g/mol. The SMILES string of the molecule is C=C(C)C(=O)c1cc(C(C)C)c(OC)cc1C. The Hall–Kier alpha value is -1.57. The summed E-state index contributed by atoms with van der Waals surface area (Å²) < 4.78 is 5.35. The maximum absolute atomic E-state index is 12.0. The fraction of sp³-hybridized carbons (Fsp3) is 0.400. The summed E-state index contributed by atoms with van der Waals surface area (Å²) in [7, 11) is 1.65. The summed E-state index contributed by atoms with van der Waals surface area (Å²) in [5.74, 6) is 1.17. The summed E-state index contributed by atoms with van der Waals surface area (Å²) >= 11 is 0. The second kappa shape index (κ2) is 5.17. The van der Waals surface area contributed by atoms with Crippen LogP contribution in [0, 0.1) is 6.92 Å². The van der Waals surface area contributed by atoms with E-state index in [1.54, 1.807) is 14.0 Å². The Kier molecular flexibility index (Phi) is 4.11. The van der Waals surface area contributed by atoms with Crippen LogP contribution in [-0.2, 0) is 0 Å². The maximum atomic E-state index is 12.0. The van der Waals surface area contributed by atoms with E-state index in [2.05, 4.69) is 20.4 Å². The quantitative estimate of drug-likeness (QED) is 0.581. The monoisotopic (exact) mass is 232 g/mol. The van der Waals surface area contributed by atoms with Crippen molar-refractivity contribution in [1.29, 1.82) is 0 Å². The number of hydrogen-bond donors (Lipinski definition) is 0. The number of carbonyl (C=O) groups is 1. The number of hydrogen-bond acceptors (Lipinski definition) is 2. The van der Waals surface area contributed by atoms with Gasteiger partial charge < -0.3 is 4.74 Å². The number of allylic oxidation sites excluding steroid dienone is 1. The van der Waals surface area contributed by atoms with E-state index in [0.717, 1.165) is 22.4 Å². The molecule has 0 aliphatic carbocycles. The molecule has 0 saturated heterocycles. The summed E-state index contributed by atoms with van der Waals surface area (Å²) in [5, 5.41) is 0. The minimum absolute atomic E-state index is 0.00653. The van der Waals surface area contributed by atoms with Gasteiger partial charge in [0.1, 0.15) is 5.75 Å². The molecule has 2 nitrogen and oxygen atoms in total. The topological polar surface area (TPSA) is 26.3 Å². The zero-order chi connectivity index (χ0) is 13.2. The van der Waals surface area contributed by atoms with Crippen LogP contribution in [0.5, 0.6) is 5.75 Å². The molecule has 0 unspecified atom stereocenters. The molecule has 0 heterocycles. The van der Waals surface area contributed by atoms with E-state index in [1.165, 1.54) is 0 Å². The normalized spacial score (nSPS) is 10.5. The molecule has 0 bridgehead atoms. The third-order valence-corrected chi connectivity index (χ3v) is 2.83. The zero-order valence-corrected chi connectivity index (χ0v) is 11.3. The van der Waals surface area contributed by atoms with Crippen LogP contribution < -0.4 is 4.74 Å². The van der Waals surface area contributed by atoms with Gasteiger partial charge in [-0.2, -0.15) is 0 Å². The second-order valence-corrected chi connectivity index (χ2v) is 4.67. The van der Waals surface area contributed by atoms with E-state index >= 15 is 0 Å². The van der Waals surface area contributed by atoms with Gasteiger partial charge in [0.25, 0.3) is 0 Å². The highest BCUT2D eigenvalue weighted by Gasteiger charge is 2.15. The molecule has 0 N–H and O–H groups in total. The molecule has 0 radical (unpaired) electrons. The predicted octanol–water partition coefficient (Wildman–Crippen LogP) is 3.89. The molecule has 1 rings (SSSR count). The van der Waals surface area contributed by atoms with Crippen molar-refractivity contribution in [3.8, 4) is 5.75 Å². The molecule has 0 spiro atoms. The Morgan fingerprint density at radius 3 is 2.35 bits per heavy atom. The molecule has 0 saturated carbocycles. The Balaban J connectivity index is 3.39. The fourth-order valence-electron chi connectivity index (χ4n) is 1.80. The first-order chi connectivity index (χ1) is 7.88. The van der Waals surface area contributed by atoms with Crippen LogP contribution in [-0.4, -0.2) is 12.9 Å². The lowest BCUT2D eigenvalue weighted by Crippen LogP contribution is -2.05. The number of benzene rings is 1.